The van der Waals surface area contributed by atoms with Crippen LogP contribution >= 0.6 is 0 Å². The van der Waals surface area contributed by atoms with E-state index in [2.05, 4.69) is 17.2 Å². The molecule has 1 saturated carbocycles. The lowest BCUT2D eigenvalue weighted by Crippen LogP contribution is -2.28. The molecular weight excluding hydrogens is 190 g/mol. The summed E-state index contributed by atoms with van der Waals surface area (Å²) in [7, 11) is 0. The molecule has 1 aromatic heterocycles. The normalized spacial score (nSPS) is 17.5. The van der Waals surface area contributed by atoms with Crippen LogP contribution in [0.2, 0.25) is 0 Å². The third-order valence-electron chi connectivity index (χ3n) is 2.95. The van der Waals surface area contributed by atoms with E-state index in [0.29, 0.717) is 18.4 Å². The summed E-state index contributed by atoms with van der Waals surface area (Å²) in [5, 5.41) is 3.20. The summed E-state index contributed by atoms with van der Waals surface area (Å²) in [5.41, 5.74) is -0.0208. The van der Waals surface area contributed by atoms with Gasteiger partial charge in [0.05, 0.1) is 0 Å². The summed E-state index contributed by atoms with van der Waals surface area (Å²) in [6.45, 7) is 4.76. The molecular formula is C11H17N3O. The van der Waals surface area contributed by atoms with Crippen LogP contribution in [-0.2, 0) is 6.54 Å². The third kappa shape index (κ3) is 2.19. The highest BCUT2D eigenvalue weighted by Gasteiger charge is 2.28. The van der Waals surface area contributed by atoms with Crippen LogP contribution < -0.4 is 10.9 Å². The Morgan fingerprint density at radius 2 is 2.40 bits per heavy atom. The first-order chi connectivity index (χ1) is 7.22. The van der Waals surface area contributed by atoms with Gasteiger partial charge >= 0.3 is 0 Å². The summed E-state index contributed by atoms with van der Waals surface area (Å²) in [6, 6.07) is 0.359. The molecule has 1 aliphatic carbocycles. The lowest BCUT2D eigenvalue weighted by atomic mass is 10.2. The molecule has 0 bridgehead atoms. The molecule has 4 nitrogen and oxygen atoms in total. The topological polar surface area (TPSA) is 46.9 Å². The average molecular weight is 207 g/mol. The minimum Gasteiger partial charge on any atom is -0.363 e. The molecule has 1 aromatic rings. The molecule has 0 saturated heterocycles. The minimum atomic E-state index is -0.0208. The van der Waals surface area contributed by atoms with E-state index in [0.717, 1.165) is 5.92 Å². The van der Waals surface area contributed by atoms with Gasteiger partial charge in [0.15, 0.2) is 5.82 Å². The van der Waals surface area contributed by atoms with Crippen molar-refractivity contribution in [1.82, 2.24) is 9.55 Å². The summed E-state index contributed by atoms with van der Waals surface area (Å²) in [5.74, 6) is 1.21. The second-order valence-corrected chi connectivity index (χ2v) is 4.14. The summed E-state index contributed by atoms with van der Waals surface area (Å²) < 4.78 is 1.66. The van der Waals surface area contributed by atoms with Gasteiger partial charge in [-0.15, -0.1) is 0 Å². The number of rotatable bonds is 4. The second kappa shape index (κ2) is 4.04. The van der Waals surface area contributed by atoms with Gasteiger partial charge in [-0.2, -0.15) is 0 Å². The van der Waals surface area contributed by atoms with Crippen LogP contribution in [0.4, 0.5) is 5.82 Å². The Morgan fingerprint density at radius 1 is 1.67 bits per heavy atom. The highest BCUT2D eigenvalue weighted by atomic mass is 16.1. The molecule has 1 atom stereocenters. The van der Waals surface area contributed by atoms with E-state index in [4.69, 9.17) is 0 Å². The van der Waals surface area contributed by atoms with Crippen molar-refractivity contribution in [3.8, 4) is 0 Å². The zero-order chi connectivity index (χ0) is 10.8. The summed E-state index contributed by atoms with van der Waals surface area (Å²) in [4.78, 5) is 15.9. The van der Waals surface area contributed by atoms with Crippen LogP contribution in [0.5, 0.6) is 0 Å². The smallest absolute Gasteiger partial charge is 0.293 e. The maximum atomic E-state index is 11.8. The van der Waals surface area contributed by atoms with Gasteiger partial charge in [0.25, 0.3) is 5.56 Å². The molecule has 0 aliphatic heterocycles. The molecule has 82 valence electrons. The molecule has 1 N–H and O–H groups in total. The lowest BCUT2D eigenvalue weighted by molar-refractivity contribution is 0.674. The molecule has 1 heterocycles. The van der Waals surface area contributed by atoms with Gasteiger partial charge < -0.3 is 9.88 Å². The van der Waals surface area contributed by atoms with Crippen molar-refractivity contribution in [2.75, 3.05) is 5.32 Å². The predicted octanol–water partition coefficient (Wildman–Crippen LogP) is 1.47. The Balaban J connectivity index is 2.16. The molecule has 4 heteroatoms. The zero-order valence-corrected chi connectivity index (χ0v) is 9.23. The molecule has 1 aliphatic rings. The highest BCUT2D eigenvalue weighted by Crippen LogP contribution is 2.33. The second-order valence-electron chi connectivity index (χ2n) is 4.14. The van der Waals surface area contributed by atoms with Gasteiger partial charge in [-0.25, -0.2) is 4.98 Å². The first-order valence-electron chi connectivity index (χ1n) is 5.54. The number of nitrogens with one attached hydrogen (secondary N) is 1. The van der Waals surface area contributed by atoms with Gasteiger partial charge in [0.2, 0.25) is 0 Å². The largest absolute Gasteiger partial charge is 0.363 e. The predicted molar refractivity (Wildman–Crippen MR) is 60.0 cm³/mol. The number of hydrogen-bond acceptors (Lipinski definition) is 3. The lowest BCUT2D eigenvalue weighted by Gasteiger charge is -2.13. The van der Waals surface area contributed by atoms with Crippen LogP contribution in [-0.4, -0.2) is 15.6 Å². The molecule has 0 aromatic carbocycles. The van der Waals surface area contributed by atoms with Crippen LogP contribution in [0.1, 0.15) is 26.7 Å². The quantitative estimate of drug-likeness (QED) is 0.813. The van der Waals surface area contributed by atoms with Gasteiger partial charge in [-0.05, 0) is 32.6 Å². The summed E-state index contributed by atoms with van der Waals surface area (Å²) >= 11 is 0. The van der Waals surface area contributed by atoms with Crippen molar-refractivity contribution < 1.29 is 0 Å². The van der Waals surface area contributed by atoms with E-state index in [1.807, 2.05) is 6.92 Å². The van der Waals surface area contributed by atoms with Crippen molar-refractivity contribution in [3.63, 3.8) is 0 Å². The van der Waals surface area contributed by atoms with E-state index in [-0.39, 0.29) is 5.56 Å². The van der Waals surface area contributed by atoms with Crippen LogP contribution in [0.25, 0.3) is 0 Å². The Hall–Kier alpha value is -1.32. The molecule has 0 amide bonds. The molecule has 1 fully saturated rings. The van der Waals surface area contributed by atoms with Gasteiger partial charge in [0.1, 0.15) is 0 Å². The average Bonchev–Trinajstić information content (AvgIpc) is 3.04. The van der Waals surface area contributed by atoms with Gasteiger partial charge in [-0.1, -0.05) is 0 Å². The first-order valence-corrected chi connectivity index (χ1v) is 5.54. The zero-order valence-electron chi connectivity index (χ0n) is 9.23. The van der Waals surface area contributed by atoms with Crippen LogP contribution in [0.15, 0.2) is 17.2 Å². The molecule has 1 unspecified atom stereocenters. The van der Waals surface area contributed by atoms with E-state index in [1.165, 1.54) is 12.8 Å². The first kappa shape index (κ1) is 10.2. The number of nitrogens with zero attached hydrogens (tertiary/aromatic N) is 2. The SMILES string of the molecule is CCn1ccnc(NC(C)C2CC2)c1=O. The van der Waals surface area contributed by atoms with Gasteiger partial charge in [-0.3, -0.25) is 4.79 Å². The number of aromatic nitrogens is 2. The van der Waals surface area contributed by atoms with Crippen molar-refractivity contribution in [2.24, 2.45) is 5.92 Å². The highest BCUT2D eigenvalue weighted by molar-refractivity contribution is 5.32. The van der Waals surface area contributed by atoms with E-state index < -0.39 is 0 Å². The monoisotopic (exact) mass is 207 g/mol. The Labute approximate surface area is 89.3 Å². The fourth-order valence-electron chi connectivity index (χ4n) is 1.73. The van der Waals surface area contributed by atoms with Crippen molar-refractivity contribution in [1.29, 1.82) is 0 Å². The molecule has 0 spiro atoms. The maximum Gasteiger partial charge on any atom is 0.293 e. The standard InChI is InChI=1S/C11H17N3O/c1-3-14-7-6-12-10(11(14)15)13-8(2)9-4-5-9/h6-9H,3-5H2,1-2H3,(H,12,13). The van der Waals surface area contributed by atoms with E-state index in [1.54, 1.807) is 17.0 Å². The Morgan fingerprint density at radius 3 is 3.00 bits per heavy atom. The van der Waals surface area contributed by atoms with Crippen molar-refractivity contribution in [2.45, 2.75) is 39.3 Å². The van der Waals surface area contributed by atoms with E-state index in [9.17, 15) is 4.79 Å². The third-order valence-corrected chi connectivity index (χ3v) is 2.95. The molecule has 2 rings (SSSR count). The van der Waals surface area contributed by atoms with E-state index >= 15 is 0 Å². The minimum absolute atomic E-state index is 0.0208. The summed E-state index contributed by atoms with van der Waals surface area (Å²) in [6.07, 6.45) is 5.92. The molecule has 0 radical (unpaired) electrons. The van der Waals surface area contributed by atoms with Gasteiger partial charge in [0, 0.05) is 25.0 Å². The number of aryl methyl sites for hydroxylation is 1. The van der Waals surface area contributed by atoms with Crippen LogP contribution in [0.3, 0.4) is 0 Å². The maximum absolute atomic E-state index is 11.8. The van der Waals surface area contributed by atoms with Crippen molar-refractivity contribution in [3.05, 3.63) is 22.7 Å². The number of hydrogen-bond donors (Lipinski definition) is 1. The van der Waals surface area contributed by atoms with Crippen LogP contribution in [0, 0.1) is 5.92 Å². The van der Waals surface area contributed by atoms with Crippen molar-refractivity contribution >= 4 is 5.82 Å². The number of anilines is 1. The fourth-order valence-corrected chi connectivity index (χ4v) is 1.73. The Bertz CT molecular complexity index is 395. The fraction of sp³-hybridized carbons (Fsp3) is 0.636. The molecule has 15 heavy (non-hydrogen) atoms. The Kier molecular flexibility index (Phi) is 2.75.